The summed E-state index contributed by atoms with van der Waals surface area (Å²) in [7, 11) is 0. The van der Waals surface area contributed by atoms with Crippen LogP contribution in [0, 0.1) is 5.82 Å². The summed E-state index contributed by atoms with van der Waals surface area (Å²) in [5.41, 5.74) is 0.841. The lowest BCUT2D eigenvalue weighted by molar-refractivity contribution is 0.0697. The fraction of sp³-hybridized carbons (Fsp3) is 0. The number of nitrogens with zero attached hydrogens (tertiary/aromatic N) is 1. The minimum absolute atomic E-state index is 0.0845. The summed E-state index contributed by atoms with van der Waals surface area (Å²) >= 11 is 0. The van der Waals surface area contributed by atoms with E-state index in [2.05, 4.69) is 4.98 Å². The normalized spacial score (nSPS) is 10.1. The average Bonchev–Trinajstić information content (AvgIpc) is 2.30. The predicted octanol–water partition coefficient (Wildman–Crippen LogP) is 2.59. The molecule has 3 nitrogen and oxygen atoms in total. The Labute approximate surface area is 91.2 Å². The summed E-state index contributed by atoms with van der Waals surface area (Å²) in [6, 6.07) is 8.79. The number of aromatic nitrogens is 1. The lowest BCUT2D eigenvalue weighted by Crippen LogP contribution is -2.01. The van der Waals surface area contributed by atoms with Gasteiger partial charge in [0.25, 0.3) is 0 Å². The van der Waals surface area contributed by atoms with E-state index in [1.54, 1.807) is 24.4 Å². The van der Waals surface area contributed by atoms with Crippen molar-refractivity contribution >= 4 is 5.97 Å². The third-order valence-corrected chi connectivity index (χ3v) is 2.15. The number of aromatic carboxylic acids is 1. The van der Waals surface area contributed by atoms with Gasteiger partial charge in [-0.05, 0) is 30.3 Å². The van der Waals surface area contributed by atoms with Crippen LogP contribution in [-0.4, -0.2) is 16.1 Å². The zero-order valence-corrected chi connectivity index (χ0v) is 8.22. The van der Waals surface area contributed by atoms with E-state index < -0.39 is 11.8 Å². The molecule has 0 bridgehead atoms. The van der Waals surface area contributed by atoms with E-state index in [1.165, 1.54) is 12.1 Å². The second kappa shape index (κ2) is 4.10. The molecule has 4 heteroatoms. The largest absolute Gasteiger partial charge is 0.478 e. The van der Waals surface area contributed by atoms with Crippen molar-refractivity contribution in [2.24, 2.45) is 0 Å². The topological polar surface area (TPSA) is 50.2 Å². The van der Waals surface area contributed by atoms with E-state index in [0.29, 0.717) is 11.3 Å². The molecule has 0 aliphatic carbocycles. The van der Waals surface area contributed by atoms with Gasteiger partial charge < -0.3 is 5.11 Å². The van der Waals surface area contributed by atoms with Crippen LogP contribution in [0.3, 0.4) is 0 Å². The maximum absolute atomic E-state index is 12.9. The SMILES string of the molecule is O=C(O)c1cc(F)ccc1-c1ccccn1. The van der Waals surface area contributed by atoms with Crippen LogP contribution in [-0.2, 0) is 0 Å². The first kappa shape index (κ1) is 10.3. The number of hydrogen-bond donors (Lipinski definition) is 1. The number of hydrogen-bond acceptors (Lipinski definition) is 2. The molecule has 80 valence electrons. The van der Waals surface area contributed by atoms with Crippen molar-refractivity contribution in [3.8, 4) is 11.3 Å². The third kappa shape index (κ3) is 1.91. The number of halogens is 1. The summed E-state index contributed by atoms with van der Waals surface area (Å²) in [5, 5.41) is 8.96. The van der Waals surface area contributed by atoms with Crippen molar-refractivity contribution in [2.75, 3.05) is 0 Å². The standard InChI is InChI=1S/C12H8FNO2/c13-8-4-5-9(10(7-8)12(15)16)11-3-1-2-6-14-11/h1-7H,(H,15,16). The summed E-state index contributed by atoms with van der Waals surface area (Å²) in [6.45, 7) is 0. The lowest BCUT2D eigenvalue weighted by Gasteiger charge is -2.04. The maximum atomic E-state index is 12.9. The summed E-state index contributed by atoms with van der Waals surface area (Å²) in [5.74, 6) is -1.74. The van der Waals surface area contributed by atoms with Gasteiger partial charge in [0.15, 0.2) is 0 Å². The summed E-state index contributed by atoms with van der Waals surface area (Å²) in [4.78, 5) is 15.0. The molecule has 0 radical (unpaired) electrons. The molecule has 1 aromatic heterocycles. The quantitative estimate of drug-likeness (QED) is 0.841. The van der Waals surface area contributed by atoms with E-state index in [4.69, 9.17) is 5.11 Å². The fourth-order valence-electron chi connectivity index (χ4n) is 1.44. The minimum atomic E-state index is -1.17. The molecule has 1 N–H and O–H groups in total. The Morgan fingerprint density at radius 3 is 2.69 bits per heavy atom. The van der Waals surface area contributed by atoms with E-state index in [0.717, 1.165) is 6.07 Å². The second-order valence-corrected chi connectivity index (χ2v) is 3.21. The highest BCUT2D eigenvalue weighted by atomic mass is 19.1. The van der Waals surface area contributed by atoms with E-state index in [-0.39, 0.29) is 5.56 Å². The van der Waals surface area contributed by atoms with E-state index in [1.807, 2.05) is 0 Å². The Hall–Kier alpha value is -2.23. The molecule has 2 rings (SSSR count). The van der Waals surface area contributed by atoms with Gasteiger partial charge in [0.2, 0.25) is 0 Å². The van der Waals surface area contributed by atoms with Crippen molar-refractivity contribution in [3.63, 3.8) is 0 Å². The van der Waals surface area contributed by atoms with Gasteiger partial charge in [-0.25, -0.2) is 9.18 Å². The van der Waals surface area contributed by atoms with Gasteiger partial charge in [-0.1, -0.05) is 6.07 Å². The Balaban J connectivity index is 2.61. The predicted molar refractivity (Wildman–Crippen MR) is 56.6 cm³/mol. The van der Waals surface area contributed by atoms with Crippen molar-refractivity contribution in [1.29, 1.82) is 0 Å². The first-order valence-electron chi connectivity index (χ1n) is 4.63. The Kier molecular flexibility index (Phi) is 2.64. The first-order valence-corrected chi connectivity index (χ1v) is 4.63. The van der Waals surface area contributed by atoms with Crippen LogP contribution in [0.5, 0.6) is 0 Å². The van der Waals surface area contributed by atoms with Crippen molar-refractivity contribution in [3.05, 3.63) is 54.0 Å². The van der Waals surface area contributed by atoms with Gasteiger partial charge in [0.1, 0.15) is 5.82 Å². The van der Waals surface area contributed by atoms with Crippen LogP contribution < -0.4 is 0 Å². The molecule has 0 spiro atoms. The molecule has 2 aromatic rings. The van der Waals surface area contributed by atoms with Gasteiger partial charge in [-0.15, -0.1) is 0 Å². The molecule has 0 aliphatic rings. The minimum Gasteiger partial charge on any atom is -0.478 e. The monoisotopic (exact) mass is 217 g/mol. The van der Waals surface area contributed by atoms with Gasteiger partial charge in [0.05, 0.1) is 11.3 Å². The van der Waals surface area contributed by atoms with Gasteiger partial charge >= 0.3 is 5.97 Å². The Morgan fingerprint density at radius 2 is 2.06 bits per heavy atom. The molecular formula is C12H8FNO2. The molecule has 0 aliphatic heterocycles. The second-order valence-electron chi connectivity index (χ2n) is 3.21. The zero-order chi connectivity index (χ0) is 11.5. The molecule has 16 heavy (non-hydrogen) atoms. The van der Waals surface area contributed by atoms with Gasteiger partial charge in [-0.3, -0.25) is 4.98 Å². The molecule has 0 fully saturated rings. The van der Waals surface area contributed by atoms with Crippen LogP contribution >= 0.6 is 0 Å². The highest BCUT2D eigenvalue weighted by Gasteiger charge is 2.13. The molecule has 0 saturated heterocycles. The van der Waals surface area contributed by atoms with Gasteiger partial charge in [-0.2, -0.15) is 0 Å². The smallest absolute Gasteiger partial charge is 0.336 e. The fourth-order valence-corrected chi connectivity index (χ4v) is 1.44. The number of rotatable bonds is 2. The lowest BCUT2D eigenvalue weighted by atomic mass is 10.0. The number of pyridine rings is 1. The highest BCUT2D eigenvalue weighted by Crippen LogP contribution is 2.22. The Morgan fingerprint density at radius 1 is 1.25 bits per heavy atom. The van der Waals surface area contributed by atoms with Crippen LogP contribution in [0.15, 0.2) is 42.6 Å². The van der Waals surface area contributed by atoms with Crippen LogP contribution in [0.4, 0.5) is 4.39 Å². The molecule has 1 heterocycles. The number of carbonyl (C=O) groups is 1. The van der Waals surface area contributed by atoms with Crippen molar-refractivity contribution < 1.29 is 14.3 Å². The zero-order valence-electron chi connectivity index (χ0n) is 8.22. The number of benzene rings is 1. The number of carboxylic acid groups (broad SMARTS) is 1. The molecule has 0 amide bonds. The molecule has 0 unspecified atom stereocenters. The van der Waals surface area contributed by atoms with Crippen LogP contribution in [0.2, 0.25) is 0 Å². The maximum Gasteiger partial charge on any atom is 0.336 e. The highest BCUT2D eigenvalue weighted by molar-refractivity contribution is 5.95. The van der Waals surface area contributed by atoms with E-state index in [9.17, 15) is 9.18 Å². The first-order chi connectivity index (χ1) is 7.68. The number of carboxylic acids is 1. The molecule has 1 aromatic carbocycles. The molecular weight excluding hydrogens is 209 g/mol. The van der Waals surface area contributed by atoms with Gasteiger partial charge in [0, 0.05) is 11.8 Å². The average molecular weight is 217 g/mol. The van der Waals surface area contributed by atoms with Crippen molar-refractivity contribution in [1.82, 2.24) is 4.98 Å². The summed E-state index contributed by atoms with van der Waals surface area (Å²) < 4.78 is 12.9. The van der Waals surface area contributed by atoms with Crippen molar-refractivity contribution in [2.45, 2.75) is 0 Å². The summed E-state index contributed by atoms with van der Waals surface area (Å²) in [6.07, 6.45) is 1.56. The van der Waals surface area contributed by atoms with Crippen LogP contribution in [0.1, 0.15) is 10.4 Å². The molecule has 0 saturated carbocycles. The Bertz CT molecular complexity index is 526. The van der Waals surface area contributed by atoms with E-state index >= 15 is 0 Å². The third-order valence-electron chi connectivity index (χ3n) is 2.15. The molecule has 0 atom stereocenters. The van der Waals surface area contributed by atoms with Crippen LogP contribution in [0.25, 0.3) is 11.3 Å².